The second kappa shape index (κ2) is 9.49. The van der Waals surface area contributed by atoms with Crippen molar-refractivity contribution in [3.8, 4) is 11.1 Å². The quantitative estimate of drug-likeness (QED) is 0.191. The summed E-state index contributed by atoms with van der Waals surface area (Å²) in [6.07, 6.45) is 7.59. The van der Waals surface area contributed by atoms with E-state index in [9.17, 15) is 0 Å². The summed E-state index contributed by atoms with van der Waals surface area (Å²) in [6.45, 7) is 6.71. The van der Waals surface area contributed by atoms with Gasteiger partial charge in [-0.3, -0.25) is 0 Å². The highest BCUT2D eigenvalue weighted by molar-refractivity contribution is 6.18. The Hall–Kier alpha value is -6.12. The largest absolute Gasteiger partial charge is 0.455 e. The summed E-state index contributed by atoms with van der Waals surface area (Å²) in [6, 6.07) is 46.4. The average Bonchev–Trinajstić information content (AvgIpc) is 3.87. The molecule has 0 bridgehead atoms. The van der Waals surface area contributed by atoms with Crippen LogP contribution in [0.25, 0.3) is 71.7 Å². The SMILES string of the molecule is C=CC1=C2C/C(=C\C=C(/C)c3cccc4c3oc3ccccc34)n3c4ccccc4c4ccc(c2c43)C12c1ccccc1-c1ccccc12. The maximum Gasteiger partial charge on any atom is 0.142 e. The lowest BCUT2D eigenvalue weighted by molar-refractivity contribution is 0.667. The van der Waals surface area contributed by atoms with E-state index in [0.29, 0.717) is 0 Å². The molecule has 2 heteroatoms. The Morgan fingerprint density at radius 2 is 1.39 bits per heavy atom. The fourth-order valence-corrected chi connectivity index (χ4v) is 9.52. The van der Waals surface area contributed by atoms with Crippen molar-refractivity contribution in [3.63, 3.8) is 0 Å². The van der Waals surface area contributed by atoms with Crippen LogP contribution < -0.4 is 0 Å². The Labute approximate surface area is 284 Å². The van der Waals surface area contributed by atoms with Crippen LogP contribution in [0.3, 0.4) is 0 Å². The van der Waals surface area contributed by atoms with Gasteiger partial charge in [0.1, 0.15) is 11.2 Å². The van der Waals surface area contributed by atoms with Crippen LogP contribution in [0, 0.1) is 0 Å². The fourth-order valence-electron chi connectivity index (χ4n) is 9.52. The molecule has 49 heavy (non-hydrogen) atoms. The second-order valence-corrected chi connectivity index (χ2v) is 13.6. The number of aromatic nitrogens is 1. The van der Waals surface area contributed by atoms with Gasteiger partial charge in [0, 0.05) is 44.8 Å². The second-order valence-electron chi connectivity index (χ2n) is 13.6. The van der Waals surface area contributed by atoms with Crippen LogP contribution in [0.5, 0.6) is 0 Å². The molecule has 2 aliphatic carbocycles. The van der Waals surface area contributed by atoms with Crippen LogP contribution >= 0.6 is 0 Å². The minimum Gasteiger partial charge on any atom is -0.455 e. The van der Waals surface area contributed by atoms with Gasteiger partial charge < -0.3 is 8.98 Å². The monoisotopic (exact) mass is 625 g/mol. The molecule has 0 radical (unpaired) electrons. The van der Waals surface area contributed by atoms with Gasteiger partial charge in [-0.1, -0.05) is 134 Å². The maximum atomic E-state index is 6.43. The Balaban J connectivity index is 1.20. The number of para-hydroxylation sites is 3. The van der Waals surface area contributed by atoms with Crippen molar-refractivity contribution in [3.05, 3.63) is 186 Å². The molecule has 2 aromatic heterocycles. The summed E-state index contributed by atoms with van der Waals surface area (Å²) in [7, 11) is 0. The Bertz CT molecular complexity index is 2840. The van der Waals surface area contributed by atoms with Gasteiger partial charge in [0.25, 0.3) is 0 Å². The highest BCUT2D eigenvalue weighted by Gasteiger charge is 2.53. The van der Waals surface area contributed by atoms with Gasteiger partial charge in [0.2, 0.25) is 0 Å². The van der Waals surface area contributed by atoms with Crippen molar-refractivity contribution in [2.24, 2.45) is 0 Å². The minimum absolute atomic E-state index is 0.396. The van der Waals surface area contributed by atoms with Gasteiger partial charge in [-0.25, -0.2) is 0 Å². The molecule has 8 aromatic rings. The van der Waals surface area contributed by atoms with E-state index in [2.05, 4.69) is 158 Å². The van der Waals surface area contributed by atoms with Crippen LogP contribution in [0.1, 0.15) is 41.2 Å². The molecule has 6 aromatic carbocycles. The molecular formula is C47H31NO. The van der Waals surface area contributed by atoms with Gasteiger partial charge >= 0.3 is 0 Å². The van der Waals surface area contributed by atoms with E-state index < -0.39 is 5.41 Å². The summed E-state index contributed by atoms with van der Waals surface area (Å²) in [4.78, 5) is 0. The lowest BCUT2D eigenvalue weighted by atomic mass is 9.69. The molecule has 0 fully saturated rings. The first kappa shape index (κ1) is 26.9. The molecule has 3 heterocycles. The number of furan rings is 1. The topological polar surface area (TPSA) is 18.1 Å². The van der Waals surface area contributed by atoms with E-state index >= 15 is 0 Å². The molecule has 1 spiro atoms. The first-order valence-corrected chi connectivity index (χ1v) is 17.1. The van der Waals surface area contributed by atoms with Crippen molar-refractivity contribution >= 4 is 60.6 Å². The highest BCUT2D eigenvalue weighted by Crippen LogP contribution is 2.65. The Morgan fingerprint density at radius 1 is 0.694 bits per heavy atom. The van der Waals surface area contributed by atoms with Gasteiger partial charge in [-0.05, 0) is 69.7 Å². The van der Waals surface area contributed by atoms with Crippen LogP contribution in [0.4, 0.5) is 0 Å². The number of hydrogen-bond acceptors (Lipinski definition) is 1. The highest BCUT2D eigenvalue weighted by atomic mass is 16.3. The molecule has 0 saturated carbocycles. The molecule has 0 atom stereocenters. The van der Waals surface area contributed by atoms with Gasteiger partial charge in [0.15, 0.2) is 0 Å². The van der Waals surface area contributed by atoms with Crippen molar-refractivity contribution in [2.75, 3.05) is 0 Å². The number of rotatable bonds is 3. The number of benzene rings is 6. The third-order valence-corrected chi connectivity index (χ3v) is 11.4. The maximum absolute atomic E-state index is 6.43. The van der Waals surface area contributed by atoms with Crippen molar-refractivity contribution in [1.82, 2.24) is 4.57 Å². The average molecular weight is 626 g/mol. The zero-order valence-corrected chi connectivity index (χ0v) is 27.1. The normalized spacial score (nSPS) is 16.5. The zero-order chi connectivity index (χ0) is 32.4. The van der Waals surface area contributed by atoms with E-state index in [4.69, 9.17) is 4.42 Å². The van der Waals surface area contributed by atoms with E-state index in [1.54, 1.807) is 0 Å². The molecule has 3 aliphatic rings. The smallest absolute Gasteiger partial charge is 0.142 e. The van der Waals surface area contributed by atoms with E-state index in [1.165, 1.54) is 77.6 Å². The number of allylic oxidation sites excluding steroid dienone is 7. The standard InChI is InChI=1S/C47H31NO/c1-3-38-37-27-29(24-23-28(2)30-17-12-18-36-34-16-7-11-22-43(34)49-46(30)36)48-42-21-10-6-15-33(42)35-25-26-41(44(37)45(35)48)47(38)39-19-8-4-13-31(39)32-14-5-9-20-40(32)47/h3-26H,1,27H2,2H3/b28-23+,29-24+. The van der Waals surface area contributed by atoms with Gasteiger partial charge in [-0.15, -0.1) is 0 Å². The van der Waals surface area contributed by atoms with Crippen molar-refractivity contribution < 1.29 is 4.42 Å². The summed E-state index contributed by atoms with van der Waals surface area (Å²) < 4.78 is 8.96. The van der Waals surface area contributed by atoms with Crippen LogP contribution in [0.15, 0.2) is 162 Å². The third kappa shape index (κ3) is 3.22. The number of fused-ring (bicyclic) bond motifs is 12. The molecule has 0 amide bonds. The molecule has 230 valence electrons. The fraction of sp³-hybridized carbons (Fsp3) is 0.0638. The van der Waals surface area contributed by atoms with E-state index in [-0.39, 0.29) is 0 Å². The third-order valence-electron chi connectivity index (χ3n) is 11.4. The van der Waals surface area contributed by atoms with Crippen molar-refractivity contribution in [1.29, 1.82) is 0 Å². The lowest BCUT2D eigenvalue weighted by Gasteiger charge is -2.31. The van der Waals surface area contributed by atoms with Gasteiger partial charge in [-0.2, -0.15) is 0 Å². The molecular weight excluding hydrogens is 595 g/mol. The minimum atomic E-state index is -0.396. The first-order chi connectivity index (χ1) is 24.2. The Morgan fingerprint density at radius 3 is 2.18 bits per heavy atom. The summed E-state index contributed by atoms with van der Waals surface area (Å²) in [5.41, 5.74) is 18.3. The first-order valence-electron chi connectivity index (χ1n) is 17.1. The van der Waals surface area contributed by atoms with E-state index in [1.807, 2.05) is 6.07 Å². The van der Waals surface area contributed by atoms with Gasteiger partial charge in [0.05, 0.1) is 16.4 Å². The lowest BCUT2D eigenvalue weighted by Crippen LogP contribution is -2.26. The summed E-state index contributed by atoms with van der Waals surface area (Å²) in [5, 5.41) is 4.89. The van der Waals surface area contributed by atoms with Crippen molar-refractivity contribution in [2.45, 2.75) is 18.8 Å². The predicted molar refractivity (Wildman–Crippen MR) is 205 cm³/mol. The molecule has 1 aliphatic heterocycles. The molecule has 11 rings (SSSR count). The zero-order valence-electron chi connectivity index (χ0n) is 27.1. The summed E-state index contributed by atoms with van der Waals surface area (Å²) in [5.74, 6) is 0. The Kier molecular flexibility index (Phi) is 5.21. The van der Waals surface area contributed by atoms with E-state index in [0.717, 1.165) is 33.9 Å². The molecule has 2 nitrogen and oxygen atoms in total. The molecule has 0 N–H and O–H groups in total. The molecule has 0 saturated heterocycles. The summed E-state index contributed by atoms with van der Waals surface area (Å²) >= 11 is 0. The van der Waals surface area contributed by atoms with Crippen LogP contribution in [-0.2, 0) is 5.41 Å². The number of nitrogens with zero attached hydrogens (tertiary/aromatic N) is 1. The van der Waals surface area contributed by atoms with Crippen LogP contribution in [-0.4, -0.2) is 4.57 Å². The molecule has 0 unspecified atom stereocenters. The predicted octanol–water partition coefficient (Wildman–Crippen LogP) is 12.3. The van der Waals surface area contributed by atoms with Crippen LogP contribution in [0.2, 0.25) is 0 Å². The number of hydrogen-bond donors (Lipinski definition) is 0.